The molecule has 0 spiro atoms. The fourth-order valence-electron chi connectivity index (χ4n) is 1.37. The lowest BCUT2D eigenvalue weighted by atomic mass is 10.1. The van der Waals surface area contributed by atoms with Gasteiger partial charge in [-0.1, -0.05) is 12.1 Å². The summed E-state index contributed by atoms with van der Waals surface area (Å²) in [6.45, 7) is 4.61. The molecule has 1 rings (SSSR count). The minimum Gasteiger partial charge on any atom is -0.390 e. The number of benzene rings is 1. The maximum Gasteiger partial charge on any atom is 0.0599 e. The molecule has 0 unspecified atom stereocenters. The maximum absolute atomic E-state index is 9.61. The fourth-order valence-corrected chi connectivity index (χ4v) is 2.61. The Morgan fingerprint density at radius 3 is 2.75 bits per heavy atom. The molecular formula is C13H21NOS. The van der Waals surface area contributed by atoms with E-state index in [1.54, 1.807) is 11.8 Å². The summed E-state index contributed by atoms with van der Waals surface area (Å²) in [4.78, 5) is 1.28. The van der Waals surface area contributed by atoms with E-state index in [0.29, 0.717) is 0 Å². The van der Waals surface area contributed by atoms with Crippen molar-refractivity contribution in [3.05, 3.63) is 29.8 Å². The molecule has 0 saturated heterocycles. The predicted octanol–water partition coefficient (Wildman–Crippen LogP) is 2.66. The Hall–Kier alpha value is -0.510. The van der Waals surface area contributed by atoms with Gasteiger partial charge in [-0.25, -0.2) is 0 Å². The van der Waals surface area contributed by atoms with E-state index in [-0.39, 0.29) is 0 Å². The third-order valence-electron chi connectivity index (χ3n) is 2.26. The van der Waals surface area contributed by atoms with Crippen LogP contribution in [0.3, 0.4) is 0 Å². The Labute approximate surface area is 102 Å². The van der Waals surface area contributed by atoms with Crippen molar-refractivity contribution in [1.82, 2.24) is 5.32 Å². The molecule has 0 amide bonds. The lowest BCUT2D eigenvalue weighted by Gasteiger charge is -2.16. The second kappa shape index (κ2) is 6.28. The Morgan fingerprint density at radius 2 is 2.12 bits per heavy atom. The highest BCUT2D eigenvalue weighted by atomic mass is 32.2. The van der Waals surface area contributed by atoms with E-state index in [9.17, 15) is 5.11 Å². The summed E-state index contributed by atoms with van der Waals surface area (Å²) in [6, 6.07) is 8.52. The zero-order chi connectivity index (χ0) is 12.0. The first-order valence-corrected chi connectivity index (χ1v) is 6.58. The second-order valence-corrected chi connectivity index (χ2v) is 5.76. The van der Waals surface area contributed by atoms with E-state index >= 15 is 0 Å². The molecule has 2 N–H and O–H groups in total. The summed E-state index contributed by atoms with van der Waals surface area (Å²) in [5.74, 6) is 0.951. The number of hydrogen-bond donors (Lipinski definition) is 2. The van der Waals surface area contributed by atoms with Gasteiger partial charge in [-0.15, -0.1) is 11.8 Å². The highest BCUT2D eigenvalue weighted by molar-refractivity contribution is 7.99. The molecule has 2 nitrogen and oxygen atoms in total. The molecule has 0 aromatic heterocycles. The normalized spacial score (nSPS) is 11.8. The van der Waals surface area contributed by atoms with Crippen LogP contribution in [0.25, 0.3) is 0 Å². The first kappa shape index (κ1) is 13.6. The molecule has 90 valence electrons. The van der Waals surface area contributed by atoms with Crippen molar-refractivity contribution in [2.45, 2.75) is 37.3 Å². The zero-order valence-corrected chi connectivity index (χ0v) is 11.1. The van der Waals surface area contributed by atoms with Gasteiger partial charge in [0.15, 0.2) is 0 Å². The summed E-state index contributed by atoms with van der Waals surface area (Å²) in [5, 5.41) is 12.8. The number of thioether (sulfide) groups is 1. The molecular weight excluding hydrogens is 218 g/mol. The van der Waals surface area contributed by atoms with Gasteiger partial charge in [0.05, 0.1) is 5.60 Å². The first-order chi connectivity index (χ1) is 7.51. The van der Waals surface area contributed by atoms with Crippen LogP contribution in [0.4, 0.5) is 0 Å². The van der Waals surface area contributed by atoms with Gasteiger partial charge in [0.1, 0.15) is 0 Å². The molecule has 0 aliphatic rings. The van der Waals surface area contributed by atoms with Gasteiger partial charge in [0, 0.05) is 17.2 Å². The fraction of sp³-hybridized carbons (Fsp3) is 0.538. The zero-order valence-electron chi connectivity index (χ0n) is 10.3. The van der Waals surface area contributed by atoms with Gasteiger partial charge in [0.2, 0.25) is 0 Å². The lowest BCUT2D eigenvalue weighted by molar-refractivity contribution is 0.0778. The van der Waals surface area contributed by atoms with Crippen molar-refractivity contribution < 1.29 is 5.11 Å². The lowest BCUT2D eigenvalue weighted by Crippen LogP contribution is -2.19. The van der Waals surface area contributed by atoms with Crippen molar-refractivity contribution in [1.29, 1.82) is 0 Å². The number of nitrogens with one attached hydrogen (secondary N) is 1. The molecule has 1 aromatic rings. The van der Waals surface area contributed by atoms with Crippen LogP contribution in [0.2, 0.25) is 0 Å². The Bertz CT molecular complexity index is 320. The maximum atomic E-state index is 9.61. The van der Waals surface area contributed by atoms with Crippen molar-refractivity contribution in [2.24, 2.45) is 0 Å². The topological polar surface area (TPSA) is 32.3 Å². The van der Waals surface area contributed by atoms with Crippen LogP contribution in [-0.2, 0) is 6.54 Å². The molecule has 0 fully saturated rings. The van der Waals surface area contributed by atoms with Gasteiger partial charge in [0.25, 0.3) is 0 Å². The smallest absolute Gasteiger partial charge is 0.0599 e. The van der Waals surface area contributed by atoms with Gasteiger partial charge in [-0.2, -0.15) is 0 Å². The highest BCUT2D eigenvalue weighted by Crippen LogP contribution is 2.22. The molecule has 0 bridgehead atoms. The first-order valence-electron chi connectivity index (χ1n) is 5.60. The summed E-state index contributed by atoms with van der Waals surface area (Å²) >= 11 is 1.80. The van der Waals surface area contributed by atoms with E-state index < -0.39 is 5.60 Å². The SMILES string of the molecule is CNCc1cccc(SCCC(C)(C)O)c1. The molecule has 0 saturated carbocycles. The third kappa shape index (κ3) is 5.54. The summed E-state index contributed by atoms with van der Waals surface area (Å²) in [5.41, 5.74) is 0.742. The number of hydrogen-bond acceptors (Lipinski definition) is 3. The van der Waals surface area contributed by atoms with E-state index in [1.165, 1.54) is 10.5 Å². The Kier molecular flexibility index (Phi) is 5.32. The third-order valence-corrected chi connectivity index (χ3v) is 3.26. The molecule has 1 aromatic carbocycles. The van der Waals surface area contributed by atoms with E-state index in [2.05, 4.69) is 29.6 Å². The van der Waals surface area contributed by atoms with Crippen LogP contribution in [0, 0.1) is 0 Å². The van der Waals surface area contributed by atoms with E-state index in [4.69, 9.17) is 0 Å². The molecule has 16 heavy (non-hydrogen) atoms. The van der Waals surface area contributed by atoms with Crippen molar-refractivity contribution in [2.75, 3.05) is 12.8 Å². The van der Waals surface area contributed by atoms with Crippen molar-refractivity contribution in [3.8, 4) is 0 Å². The molecule has 0 heterocycles. The van der Waals surface area contributed by atoms with Crippen LogP contribution in [-0.4, -0.2) is 23.5 Å². The highest BCUT2D eigenvalue weighted by Gasteiger charge is 2.11. The molecule has 3 heteroatoms. The van der Waals surface area contributed by atoms with Crippen LogP contribution in [0.5, 0.6) is 0 Å². The summed E-state index contributed by atoms with van der Waals surface area (Å²) in [6.07, 6.45) is 0.813. The van der Waals surface area contributed by atoms with Crippen molar-refractivity contribution >= 4 is 11.8 Å². The average Bonchev–Trinajstić information content (AvgIpc) is 2.17. The minimum absolute atomic E-state index is 0.560. The van der Waals surface area contributed by atoms with E-state index in [1.807, 2.05) is 20.9 Å². The quantitative estimate of drug-likeness (QED) is 0.749. The molecule has 0 aliphatic heterocycles. The Balaban J connectivity index is 2.44. The summed E-state index contributed by atoms with van der Waals surface area (Å²) in [7, 11) is 1.95. The van der Waals surface area contributed by atoms with Gasteiger partial charge < -0.3 is 10.4 Å². The second-order valence-electron chi connectivity index (χ2n) is 4.59. The van der Waals surface area contributed by atoms with Gasteiger partial charge in [-0.3, -0.25) is 0 Å². The van der Waals surface area contributed by atoms with Gasteiger partial charge >= 0.3 is 0 Å². The number of aliphatic hydroxyl groups is 1. The predicted molar refractivity (Wildman–Crippen MR) is 70.8 cm³/mol. The standard InChI is InChI=1S/C13H21NOS/c1-13(2,15)7-8-16-12-6-4-5-11(9-12)10-14-3/h4-6,9,14-15H,7-8,10H2,1-3H3. The average molecular weight is 239 g/mol. The molecule has 0 radical (unpaired) electrons. The Morgan fingerprint density at radius 1 is 1.38 bits per heavy atom. The van der Waals surface area contributed by atoms with Crippen LogP contribution >= 0.6 is 11.8 Å². The molecule has 0 atom stereocenters. The van der Waals surface area contributed by atoms with Crippen LogP contribution in [0.15, 0.2) is 29.2 Å². The van der Waals surface area contributed by atoms with Gasteiger partial charge in [-0.05, 0) is 45.0 Å². The van der Waals surface area contributed by atoms with Crippen LogP contribution in [0.1, 0.15) is 25.8 Å². The van der Waals surface area contributed by atoms with E-state index in [0.717, 1.165) is 18.7 Å². The largest absolute Gasteiger partial charge is 0.390 e. The number of rotatable bonds is 6. The van der Waals surface area contributed by atoms with Crippen LogP contribution < -0.4 is 5.32 Å². The monoisotopic (exact) mass is 239 g/mol. The van der Waals surface area contributed by atoms with Crippen molar-refractivity contribution in [3.63, 3.8) is 0 Å². The minimum atomic E-state index is -0.560. The molecule has 0 aliphatic carbocycles. The summed E-state index contributed by atoms with van der Waals surface area (Å²) < 4.78 is 0.